The Bertz CT molecular complexity index is 881. The van der Waals surface area contributed by atoms with E-state index in [0.29, 0.717) is 31.7 Å². The van der Waals surface area contributed by atoms with E-state index >= 15 is 0 Å². The minimum absolute atomic E-state index is 0. The number of methoxy groups -OCH3 is 1. The van der Waals surface area contributed by atoms with Crippen molar-refractivity contribution in [2.75, 3.05) is 26.7 Å². The molecule has 0 aliphatic rings. The second-order valence-corrected chi connectivity index (χ2v) is 6.59. The van der Waals surface area contributed by atoms with Crippen LogP contribution in [0.5, 0.6) is 5.75 Å². The number of hydrogen-bond donors (Lipinski definition) is 1. The van der Waals surface area contributed by atoms with Crippen molar-refractivity contribution in [3.63, 3.8) is 0 Å². The van der Waals surface area contributed by atoms with Crippen LogP contribution < -0.4 is 10.5 Å². The number of rotatable bonds is 9. The van der Waals surface area contributed by atoms with E-state index in [1.807, 2.05) is 42.5 Å². The average Bonchev–Trinajstić information content (AvgIpc) is 3.20. The van der Waals surface area contributed by atoms with Crippen molar-refractivity contribution in [2.24, 2.45) is 5.73 Å². The minimum Gasteiger partial charge on any atom is -0.497 e. The third-order valence-electron chi connectivity index (χ3n) is 4.58. The number of halogens is 1. The van der Waals surface area contributed by atoms with Crippen molar-refractivity contribution in [2.45, 2.75) is 13.0 Å². The van der Waals surface area contributed by atoms with Crippen LogP contribution >= 0.6 is 12.4 Å². The zero-order valence-corrected chi connectivity index (χ0v) is 17.3. The fourth-order valence-electron chi connectivity index (χ4n) is 3.04. The Morgan fingerprint density at radius 3 is 2.45 bits per heavy atom. The Morgan fingerprint density at radius 1 is 1.07 bits per heavy atom. The van der Waals surface area contributed by atoms with Gasteiger partial charge >= 0.3 is 0 Å². The van der Waals surface area contributed by atoms with E-state index < -0.39 is 0 Å². The van der Waals surface area contributed by atoms with E-state index in [0.717, 1.165) is 17.7 Å². The average molecular weight is 415 g/mol. The maximum atomic E-state index is 12.9. The molecule has 0 aliphatic carbocycles. The first-order valence-corrected chi connectivity index (χ1v) is 9.38. The molecule has 7 heteroatoms. The van der Waals surface area contributed by atoms with Gasteiger partial charge in [-0.2, -0.15) is 5.10 Å². The minimum atomic E-state index is -0.0395. The SMILES string of the molecule is COc1ccc(Cn2cc(C(=O)N(CCN)CCc3ccccc3)cn2)cc1.Cl. The van der Waals surface area contributed by atoms with E-state index in [1.54, 1.807) is 29.1 Å². The van der Waals surface area contributed by atoms with Crippen LogP contribution in [-0.4, -0.2) is 47.3 Å². The lowest BCUT2D eigenvalue weighted by atomic mass is 10.1. The van der Waals surface area contributed by atoms with E-state index in [-0.39, 0.29) is 18.3 Å². The van der Waals surface area contributed by atoms with Gasteiger partial charge in [-0.25, -0.2) is 0 Å². The Labute approximate surface area is 177 Å². The fraction of sp³-hybridized carbons (Fsp3) is 0.273. The molecule has 1 aromatic heterocycles. The number of carbonyl (C=O) groups excluding carboxylic acids is 1. The van der Waals surface area contributed by atoms with Gasteiger partial charge in [0.15, 0.2) is 0 Å². The van der Waals surface area contributed by atoms with Gasteiger partial charge in [-0.15, -0.1) is 12.4 Å². The molecule has 1 heterocycles. The summed E-state index contributed by atoms with van der Waals surface area (Å²) >= 11 is 0. The van der Waals surface area contributed by atoms with E-state index in [4.69, 9.17) is 10.5 Å². The van der Waals surface area contributed by atoms with Crippen molar-refractivity contribution in [3.8, 4) is 5.75 Å². The maximum Gasteiger partial charge on any atom is 0.257 e. The first kappa shape index (κ1) is 22.5. The number of benzene rings is 2. The number of nitrogens with zero attached hydrogens (tertiary/aromatic N) is 3. The van der Waals surface area contributed by atoms with Gasteiger partial charge in [0.05, 0.1) is 25.4 Å². The van der Waals surface area contributed by atoms with Gasteiger partial charge in [0, 0.05) is 25.8 Å². The molecule has 0 saturated carbocycles. The zero-order chi connectivity index (χ0) is 19.8. The molecule has 0 atom stereocenters. The number of hydrogen-bond acceptors (Lipinski definition) is 4. The second-order valence-electron chi connectivity index (χ2n) is 6.59. The predicted molar refractivity (Wildman–Crippen MR) is 117 cm³/mol. The van der Waals surface area contributed by atoms with Crippen LogP contribution in [0, 0.1) is 0 Å². The van der Waals surface area contributed by atoms with Crippen molar-refractivity contribution in [1.82, 2.24) is 14.7 Å². The lowest BCUT2D eigenvalue weighted by molar-refractivity contribution is 0.0762. The largest absolute Gasteiger partial charge is 0.497 e. The summed E-state index contributed by atoms with van der Waals surface area (Å²) in [6.45, 7) is 2.18. The summed E-state index contributed by atoms with van der Waals surface area (Å²) in [7, 11) is 1.64. The van der Waals surface area contributed by atoms with Crippen molar-refractivity contribution in [1.29, 1.82) is 0 Å². The van der Waals surface area contributed by atoms with Gasteiger partial charge in [-0.05, 0) is 29.7 Å². The number of amides is 1. The number of aromatic nitrogens is 2. The van der Waals surface area contributed by atoms with Crippen LogP contribution in [0.4, 0.5) is 0 Å². The zero-order valence-electron chi connectivity index (χ0n) is 16.5. The molecule has 0 bridgehead atoms. The second kappa shape index (κ2) is 11.2. The van der Waals surface area contributed by atoms with Gasteiger partial charge in [-0.1, -0.05) is 42.5 Å². The summed E-state index contributed by atoms with van der Waals surface area (Å²) in [6.07, 6.45) is 4.21. The smallest absolute Gasteiger partial charge is 0.257 e. The third-order valence-corrected chi connectivity index (χ3v) is 4.58. The van der Waals surface area contributed by atoms with Crippen LogP contribution in [0.25, 0.3) is 0 Å². The molecule has 0 unspecified atom stereocenters. The molecule has 0 aliphatic heterocycles. The summed E-state index contributed by atoms with van der Waals surface area (Å²) in [4.78, 5) is 14.7. The fourth-order valence-corrected chi connectivity index (χ4v) is 3.04. The molecule has 29 heavy (non-hydrogen) atoms. The van der Waals surface area contributed by atoms with Gasteiger partial charge in [0.2, 0.25) is 0 Å². The highest BCUT2D eigenvalue weighted by Gasteiger charge is 2.17. The van der Waals surface area contributed by atoms with Crippen LogP contribution in [0.1, 0.15) is 21.5 Å². The molecule has 1 amide bonds. The number of nitrogens with two attached hydrogens (primary N) is 1. The maximum absolute atomic E-state index is 12.9. The summed E-state index contributed by atoms with van der Waals surface area (Å²) in [5, 5.41) is 4.34. The lowest BCUT2D eigenvalue weighted by Gasteiger charge is -2.21. The van der Waals surface area contributed by atoms with Crippen LogP contribution in [0.15, 0.2) is 67.0 Å². The van der Waals surface area contributed by atoms with E-state index in [1.165, 1.54) is 5.56 Å². The van der Waals surface area contributed by atoms with E-state index in [2.05, 4.69) is 17.2 Å². The number of carbonyl (C=O) groups is 1. The summed E-state index contributed by atoms with van der Waals surface area (Å²) in [5.74, 6) is 0.776. The molecule has 0 saturated heterocycles. The van der Waals surface area contributed by atoms with Crippen LogP contribution in [0.2, 0.25) is 0 Å². The molecule has 6 nitrogen and oxygen atoms in total. The summed E-state index contributed by atoms with van der Waals surface area (Å²) < 4.78 is 6.95. The standard InChI is InChI=1S/C22H26N4O2.ClH/c1-28-21-9-7-19(8-10-21)16-26-17-20(15-24-26)22(27)25(14-12-23)13-11-18-5-3-2-4-6-18;/h2-10,15,17H,11-14,16,23H2,1H3;1H. The molecule has 3 rings (SSSR count). The molecule has 0 fully saturated rings. The molecule has 154 valence electrons. The Balaban J connectivity index is 0.00000300. The summed E-state index contributed by atoms with van der Waals surface area (Å²) in [5.41, 5.74) is 8.59. The monoisotopic (exact) mass is 414 g/mol. The van der Waals surface area contributed by atoms with Crippen molar-refractivity contribution >= 4 is 18.3 Å². The third kappa shape index (κ3) is 6.34. The van der Waals surface area contributed by atoms with Gasteiger partial charge in [0.1, 0.15) is 5.75 Å². The quantitative estimate of drug-likeness (QED) is 0.584. The first-order valence-electron chi connectivity index (χ1n) is 9.38. The predicted octanol–water partition coefficient (Wildman–Crippen LogP) is 3.01. The van der Waals surface area contributed by atoms with Crippen molar-refractivity contribution in [3.05, 3.63) is 83.7 Å². The van der Waals surface area contributed by atoms with Crippen LogP contribution in [0.3, 0.4) is 0 Å². The summed E-state index contributed by atoms with van der Waals surface area (Å²) in [6, 6.07) is 17.9. The molecule has 2 aromatic carbocycles. The number of ether oxygens (including phenoxy) is 1. The first-order chi connectivity index (χ1) is 13.7. The van der Waals surface area contributed by atoms with Crippen molar-refractivity contribution < 1.29 is 9.53 Å². The molecular formula is C22H27ClN4O2. The Hall–Kier alpha value is -2.83. The normalized spacial score (nSPS) is 10.3. The highest BCUT2D eigenvalue weighted by molar-refractivity contribution is 5.93. The molecule has 3 aromatic rings. The highest BCUT2D eigenvalue weighted by atomic mass is 35.5. The molecule has 2 N–H and O–H groups in total. The highest BCUT2D eigenvalue weighted by Crippen LogP contribution is 2.13. The van der Waals surface area contributed by atoms with Crippen LogP contribution in [-0.2, 0) is 13.0 Å². The molecular weight excluding hydrogens is 388 g/mol. The van der Waals surface area contributed by atoms with E-state index in [9.17, 15) is 4.79 Å². The lowest BCUT2D eigenvalue weighted by Crippen LogP contribution is -2.36. The molecule has 0 spiro atoms. The van der Waals surface area contributed by atoms with Gasteiger partial charge < -0.3 is 15.4 Å². The topological polar surface area (TPSA) is 73.4 Å². The Kier molecular flexibility index (Phi) is 8.70. The van der Waals surface area contributed by atoms with Gasteiger partial charge in [-0.3, -0.25) is 9.48 Å². The Morgan fingerprint density at radius 2 is 1.79 bits per heavy atom. The molecule has 0 radical (unpaired) electrons. The van der Waals surface area contributed by atoms with Gasteiger partial charge in [0.25, 0.3) is 5.91 Å².